The van der Waals surface area contributed by atoms with E-state index < -0.39 is 0 Å². The summed E-state index contributed by atoms with van der Waals surface area (Å²) in [5.41, 5.74) is 5.91. The lowest BCUT2D eigenvalue weighted by atomic mass is 10.1. The highest BCUT2D eigenvalue weighted by Crippen LogP contribution is 2.14. The fraction of sp³-hybridized carbons (Fsp3) is 0.545. The van der Waals surface area contributed by atoms with Gasteiger partial charge in [0, 0.05) is 31.5 Å². The normalized spacial score (nSPS) is 18.2. The largest absolute Gasteiger partial charge is 0.382 e. The van der Waals surface area contributed by atoms with E-state index in [2.05, 4.69) is 15.3 Å². The monoisotopic (exact) mass is 307 g/mol. The van der Waals surface area contributed by atoms with Crippen LogP contribution in [-0.2, 0) is 0 Å². The van der Waals surface area contributed by atoms with Gasteiger partial charge in [-0.15, -0.1) is 24.8 Å². The molecule has 0 bridgehead atoms. The van der Waals surface area contributed by atoms with Gasteiger partial charge >= 0.3 is 0 Å². The van der Waals surface area contributed by atoms with Crippen LogP contribution in [0.25, 0.3) is 0 Å². The number of nitrogens with zero attached hydrogens (tertiary/aromatic N) is 3. The van der Waals surface area contributed by atoms with Gasteiger partial charge in [-0.25, -0.2) is 9.97 Å². The average Bonchev–Trinajstić information content (AvgIpc) is 2.38. The number of amides is 1. The number of carbonyl (C=O) groups is 1. The van der Waals surface area contributed by atoms with E-state index in [-0.39, 0.29) is 42.2 Å². The van der Waals surface area contributed by atoms with Crippen molar-refractivity contribution >= 4 is 36.5 Å². The van der Waals surface area contributed by atoms with E-state index in [0.29, 0.717) is 12.6 Å². The predicted molar refractivity (Wildman–Crippen MR) is 78.9 cm³/mol. The third-order valence-corrected chi connectivity index (χ3v) is 3.05. The molecular formula is C11H19Cl2N5O. The summed E-state index contributed by atoms with van der Waals surface area (Å²) in [4.78, 5) is 21.9. The number of likely N-dealkylation sites (N-methyl/N-ethyl adjacent to an activating group) is 1. The number of halogens is 2. The molecule has 19 heavy (non-hydrogen) atoms. The van der Waals surface area contributed by atoms with Gasteiger partial charge < -0.3 is 16.0 Å². The van der Waals surface area contributed by atoms with Crippen molar-refractivity contribution < 1.29 is 4.79 Å². The Morgan fingerprint density at radius 3 is 2.74 bits per heavy atom. The maximum absolute atomic E-state index is 12.2. The Labute approximate surface area is 125 Å². The second-order valence-corrected chi connectivity index (χ2v) is 4.17. The number of hydrogen-bond donors (Lipinski definition) is 2. The first-order chi connectivity index (χ1) is 8.22. The van der Waals surface area contributed by atoms with Gasteiger partial charge in [0.15, 0.2) is 11.5 Å². The fourth-order valence-corrected chi connectivity index (χ4v) is 2.06. The summed E-state index contributed by atoms with van der Waals surface area (Å²) in [6.45, 7) is 1.46. The Balaban J connectivity index is 0.00000162. The van der Waals surface area contributed by atoms with Crippen LogP contribution in [0.3, 0.4) is 0 Å². The number of aromatic nitrogens is 2. The number of anilines is 1. The van der Waals surface area contributed by atoms with E-state index in [1.54, 1.807) is 4.90 Å². The zero-order valence-corrected chi connectivity index (χ0v) is 12.3. The van der Waals surface area contributed by atoms with Gasteiger partial charge in [0.05, 0.1) is 0 Å². The fourth-order valence-electron chi connectivity index (χ4n) is 2.06. The highest BCUT2D eigenvalue weighted by Gasteiger charge is 2.25. The minimum atomic E-state index is -0.129. The number of nitrogens with one attached hydrogen (secondary N) is 1. The molecule has 0 aromatic carbocycles. The highest BCUT2D eigenvalue weighted by atomic mass is 35.5. The van der Waals surface area contributed by atoms with E-state index in [4.69, 9.17) is 5.73 Å². The van der Waals surface area contributed by atoms with Crippen LogP contribution in [0.15, 0.2) is 12.4 Å². The molecule has 1 amide bonds. The first kappa shape index (κ1) is 17.9. The zero-order chi connectivity index (χ0) is 12.3. The van der Waals surface area contributed by atoms with Crippen molar-refractivity contribution in [3.05, 3.63) is 18.1 Å². The van der Waals surface area contributed by atoms with Gasteiger partial charge in [0.2, 0.25) is 0 Å². The molecule has 0 spiro atoms. The molecule has 8 heteroatoms. The molecule has 0 aliphatic carbocycles. The SMILES string of the molecule is CNC1CCCN(C(=O)c2nccnc2N)C1.Cl.Cl. The molecule has 1 unspecified atom stereocenters. The van der Waals surface area contributed by atoms with Crippen LogP contribution in [-0.4, -0.2) is 47.0 Å². The maximum atomic E-state index is 12.2. The van der Waals surface area contributed by atoms with Crippen molar-refractivity contribution in [1.29, 1.82) is 0 Å². The van der Waals surface area contributed by atoms with Gasteiger partial charge in [0.25, 0.3) is 5.91 Å². The summed E-state index contributed by atoms with van der Waals surface area (Å²) in [6, 6.07) is 0.352. The quantitative estimate of drug-likeness (QED) is 0.841. The number of rotatable bonds is 2. The summed E-state index contributed by atoms with van der Waals surface area (Å²) in [5, 5.41) is 3.19. The van der Waals surface area contributed by atoms with Gasteiger partial charge in [-0.1, -0.05) is 0 Å². The number of piperidine rings is 1. The second-order valence-electron chi connectivity index (χ2n) is 4.17. The lowest BCUT2D eigenvalue weighted by molar-refractivity contribution is 0.0693. The Hall–Kier alpha value is -1.11. The Morgan fingerprint density at radius 1 is 1.42 bits per heavy atom. The molecule has 108 valence electrons. The van der Waals surface area contributed by atoms with Crippen LogP contribution in [0.2, 0.25) is 0 Å². The standard InChI is InChI=1S/C11H17N5O.2ClH/c1-13-8-3-2-6-16(7-8)11(17)9-10(12)15-5-4-14-9;;/h4-5,8,13H,2-3,6-7H2,1H3,(H2,12,15);2*1H. The van der Waals surface area contributed by atoms with Crippen LogP contribution >= 0.6 is 24.8 Å². The summed E-state index contributed by atoms with van der Waals surface area (Å²) in [7, 11) is 1.91. The van der Waals surface area contributed by atoms with Crippen LogP contribution in [0.4, 0.5) is 5.82 Å². The Morgan fingerprint density at radius 2 is 2.11 bits per heavy atom. The topological polar surface area (TPSA) is 84.1 Å². The van der Waals surface area contributed by atoms with E-state index >= 15 is 0 Å². The van der Waals surface area contributed by atoms with Crippen molar-refractivity contribution in [3.63, 3.8) is 0 Å². The third-order valence-electron chi connectivity index (χ3n) is 3.05. The molecule has 1 aromatic rings. The Kier molecular flexibility index (Phi) is 7.66. The molecule has 1 aliphatic rings. The number of nitrogen functional groups attached to an aromatic ring is 1. The summed E-state index contributed by atoms with van der Waals surface area (Å²) >= 11 is 0. The molecule has 2 heterocycles. The minimum absolute atomic E-state index is 0. The highest BCUT2D eigenvalue weighted by molar-refractivity contribution is 5.96. The maximum Gasteiger partial charge on any atom is 0.276 e. The number of nitrogens with two attached hydrogens (primary N) is 1. The molecule has 0 radical (unpaired) electrons. The third kappa shape index (κ3) is 4.19. The molecule has 6 nitrogen and oxygen atoms in total. The van der Waals surface area contributed by atoms with Crippen molar-refractivity contribution in [3.8, 4) is 0 Å². The first-order valence-corrected chi connectivity index (χ1v) is 5.75. The summed E-state index contributed by atoms with van der Waals surface area (Å²) in [5.74, 6) is 0.0691. The van der Waals surface area contributed by atoms with Gasteiger partial charge in [0.1, 0.15) is 0 Å². The van der Waals surface area contributed by atoms with Crippen molar-refractivity contribution in [2.75, 3.05) is 25.9 Å². The van der Waals surface area contributed by atoms with Crippen LogP contribution in [0, 0.1) is 0 Å². The molecule has 3 N–H and O–H groups in total. The molecule has 1 aromatic heterocycles. The average molecular weight is 308 g/mol. The summed E-state index contributed by atoms with van der Waals surface area (Å²) in [6.07, 6.45) is 5.06. The second kappa shape index (κ2) is 8.14. The number of carbonyl (C=O) groups excluding carboxylic acids is 1. The van der Waals surface area contributed by atoms with E-state index in [9.17, 15) is 4.79 Å². The van der Waals surface area contributed by atoms with Crippen LogP contribution < -0.4 is 11.1 Å². The van der Waals surface area contributed by atoms with E-state index in [0.717, 1.165) is 19.4 Å². The molecule has 2 rings (SSSR count). The minimum Gasteiger partial charge on any atom is -0.382 e. The van der Waals surface area contributed by atoms with E-state index in [1.165, 1.54) is 12.4 Å². The van der Waals surface area contributed by atoms with Gasteiger partial charge in [-0.05, 0) is 19.9 Å². The molecule has 1 aliphatic heterocycles. The van der Waals surface area contributed by atoms with Gasteiger partial charge in [-0.2, -0.15) is 0 Å². The zero-order valence-electron chi connectivity index (χ0n) is 10.7. The van der Waals surface area contributed by atoms with Crippen LogP contribution in [0.1, 0.15) is 23.3 Å². The van der Waals surface area contributed by atoms with E-state index in [1.807, 2.05) is 7.05 Å². The molecule has 1 saturated heterocycles. The molecular weight excluding hydrogens is 289 g/mol. The molecule has 1 atom stereocenters. The first-order valence-electron chi connectivity index (χ1n) is 5.75. The van der Waals surface area contributed by atoms with Gasteiger partial charge in [-0.3, -0.25) is 4.79 Å². The molecule has 0 saturated carbocycles. The predicted octanol–water partition coefficient (Wildman–Crippen LogP) is 0.726. The van der Waals surface area contributed by atoms with Crippen molar-refractivity contribution in [2.24, 2.45) is 0 Å². The smallest absolute Gasteiger partial charge is 0.276 e. The summed E-state index contributed by atoms with van der Waals surface area (Å²) < 4.78 is 0. The lowest BCUT2D eigenvalue weighted by Gasteiger charge is -2.32. The number of hydrogen-bond acceptors (Lipinski definition) is 5. The van der Waals surface area contributed by atoms with Crippen molar-refractivity contribution in [2.45, 2.75) is 18.9 Å². The van der Waals surface area contributed by atoms with Crippen LogP contribution in [0.5, 0.6) is 0 Å². The van der Waals surface area contributed by atoms with Crippen molar-refractivity contribution in [1.82, 2.24) is 20.2 Å². The lowest BCUT2D eigenvalue weighted by Crippen LogP contribution is -2.47. The Bertz CT molecular complexity index is 418. The molecule has 1 fully saturated rings. The number of likely N-dealkylation sites (tertiary alicyclic amines) is 1.